The molecule has 0 saturated carbocycles. The zero-order chi connectivity index (χ0) is 14.2. The molecule has 3 nitrogen and oxygen atoms in total. The molecule has 0 fully saturated rings. The molecule has 20 heavy (non-hydrogen) atoms. The maximum Gasteiger partial charge on any atom is 0.206 e. The molecule has 0 unspecified atom stereocenters. The Morgan fingerprint density at radius 3 is 2.40 bits per heavy atom. The molecule has 2 aromatic carbocycles. The van der Waals surface area contributed by atoms with E-state index >= 15 is 0 Å². The van der Waals surface area contributed by atoms with Gasteiger partial charge in [0.25, 0.3) is 0 Å². The van der Waals surface area contributed by atoms with E-state index in [1.54, 1.807) is 30.3 Å². The van der Waals surface area contributed by atoms with Gasteiger partial charge in [-0.1, -0.05) is 18.2 Å². The molecular formula is C15H11FO3S. The van der Waals surface area contributed by atoms with Crippen molar-refractivity contribution in [3.63, 3.8) is 0 Å². The quantitative estimate of drug-likeness (QED) is 0.872. The van der Waals surface area contributed by atoms with E-state index in [0.717, 1.165) is 0 Å². The van der Waals surface area contributed by atoms with Gasteiger partial charge in [0.1, 0.15) is 18.2 Å². The average Bonchev–Trinajstić information content (AvgIpc) is 2.70. The smallest absolute Gasteiger partial charge is 0.206 e. The van der Waals surface area contributed by atoms with E-state index in [1.807, 2.05) is 0 Å². The summed E-state index contributed by atoms with van der Waals surface area (Å²) in [6.07, 6.45) is 1.61. The van der Waals surface area contributed by atoms with E-state index in [2.05, 4.69) is 0 Å². The van der Waals surface area contributed by atoms with Crippen molar-refractivity contribution in [3.05, 3.63) is 64.8 Å². The van der Waals surface area contributed by atoms with Crippen molar-refractivity contribution in [2.75, 3.05) is 6.61 Å². The minimum Gasteiger partial charge on any atom is -0.488 e. The van der Waals surface area contributed by atoms with E-state index in [9.17, 15) is 12.8 Å². The van der Waals surface area contributed by atoms with E-state index in [-0.39, 0.29) is 17.3 Å². The first-order valence-corrected chi connectivity index (χ1v) is 7.49. The van der Waals surface area contributed by atoms with Crippen LogP contribution in [0.4, 0.5) is 4.39 Å². The second-order valence-corrected chi connectivity index (χ2v) is 6.37. The molecular weight excluding hydrogens is 279 g/mol. The van der Waals surface area contributed by atoms with Crippen molar-refractivity contribution in [1.29, 1.82) is 0 Å². The number of rotatable bonds is 3. The first-order valence-electron chi connectivity index (χ1n) is 6.00. The van der Waals surface area contributed by atoms with Gasteiger partial charge >= 0.3 is 0 Å². The maximum absolute atomic E-state index is 12.8. The van der Waals surface area contributed by atoms with E-state index in [4.69, 9.17) is 4.74 Å². The van der Waals surface area contributed by atoms with E-state index < -0.39 is 9.84 Å². The summed E-state index contributed by atoms with van der Waals surface area (Å²) in [4.78, 5) is 0.515. The van der Waals surface area contributed by atoms with Crippen LogP contribution in [-0.4, -0.2) is 15.0 Å². The Morgan fingerprint density at radius 1 is 1.00 bits per heavy atom. The number of fused-ring (bicyclic) bond motifs is 1. The lowest BCUT2D eigenvalue weighted by Crippen LogP contribution is -2.08. The molecule has 0 saturated heterocycles. The highest BCUT2D eigenvalue weighted by molar-refractivity contribution is 7.95. The van der Waals surface area contributed by atoms with Crippen LogP contribution < -0.4 is 4.74 Å². The van der Waals surface area contributed by atoms with E-state index in [1.165, 1.54) is 24.3 Å². The number of sulfone groups is 1. The third-order valence-corrected chi connectivity index (χ3v) is 4.94. The summed E-state index contributed by atoms with van der Waals surface area (Å²) in [7, 11) is -3.46. The standard InChI is InChI=1S/C15H11FO3S/c16-12-5-7-13(8-6-12)19-10-14-9-11-3-1-2-4-15(11)20(14,17)18/h1-9H,10H2. The van der Waals surface area contributed by atoms with Gasteiger partial charge in [-0.25, -0.2) is 12.8 Å². The third-order valence-electron chi connectivity index (χ3n) is 3.06. The normalized spacial score (nSPS) is 15.6. The van der Waals surface area contributed by atoms with Crippen molar-refractivity contribution in [2.45, 2.75) is 4.90 Å². The first-order chi connectivity index (χ1) is 9.57. The second-order valence-electron chi connectivity index (χ2n) is 4.39. The lowest BCUT2D eigenvalue weighted by molar-refractivity contribution is 0.358. The molecule has 1 aliphatic heterocycles. The molecule has 1 heterocycles. The Labute approximate surface area is 116 Å². The van der Waals surface area contributed by atoms with Crippen LogP contribution in [0.1, 0.15) is 5.56 Å². The number of halogens is 1. The first kappa shape index (κ1) is 12.9. The molecule has 5 heteroatoms. The van der Waals surface area contributed by atoms with Crippen molar-refractivity contribution in [1.82, 2.24) is 0 Å². The third kappa shape index (κ3) is 2.20. The zero-order valence-corrected chi connectivity index (χ0v) is 11.2. The molecule has 3 rings (SSSR count). The van der Waals surface area contributed by atoms with Gasteiger partial charge in [-0.15, -0.1) is 0 Å². The van der Waals surface area contributed by atoms with Crippen LogP contribution in [0.25, 0.3) is 6.08 Å². The predicted octanol–water partition coefficient (Wildman–Crippen LogP) is 3.03. The van der Waals surface area contributed by atoms with Crippen LogP contribution in [0, 0.1) is 5.82 Å². The Morgan fingerprint density at radius 2 is 1.70 bits per heavy atom. The SMILES string of the molecule is O=S1(=O)C(COc2ccc(F)cc2)=Cc2ccccc21. The van der Waals surface area contributed by atoms with Gasteiger partial charge in [-0.05, 0) is 42.0 Å². The minimum atomic E-state index is -3.46. The van der Waals surface area contributed by atoms with Gasteiger partial charge < -0.3 is 4.74 Å². The number of ether oxygens (including phenoxy) is 1. The van der Waals surface area contributed by atoms with Crippen LogP contribution >= 0.6 is 0 Å². The van der Waals surface area contributed by atoms with E-state index in [0.29, 0.717) is 16.2 Å². The number of benzene rings is 2. The van der Waals surface area contributed by atoms with Crippen LogP contribution in [0.2, 0.25) is 0 Å². The fourth-order valence-electron chi connectivity index (χ4n) is 2.04. The molecule has 0 amide bonds. The lowest BCUT2D eigenvalue weighted by atomic mass is 10.2. The highest BCUT2D eigenvalue weighted by Gasteiger charge is 2.29. The van der Waals surface area contributed by atoms with Crippen molar-refractivity contribution < 1.29 is 17.5 Å². The highest BCUT2D eigenvalue weighted by atomic mass is 32.2. The molecule has 0 aromatic heterocycles. The van der Waals surface area contributed by atoms with Crippen LogP contribution in [0.3, 0.4) is 0 Å². The number of hydrogen-bond donors (Lipinski definition) is 0. The highest BCUT2D eigenvalue weighted by Crippen LogP contribution is 2.32. The van der Waals surface area contributed by atoms with Gasteiger partial charge in [-0.2, -0.15) is 0 Å². The average molecular weight is 290 g/mol. The fraction of sp³-hybridized carbons (Fsp3) is 0.0667. The molecule has 0 aliphatic carbocycles. The molecule has 0 radical (unpaired) electrons. The summed E-state index contributed by atoms with van der Waals surface area (Å²) in [5, 5.41) is 0. The molecule has 0 spiro atoms. The molecule has 2 aromatic rings. The Balaban J connectivity index is 1.82. The minimum absolute atomic E-state index is 0.0668. The molecule has 0 bridgehead atoms. The monoisotopic (exact) mass is 290 g/mol. The maximum atomic E-state index is 12.8. The Kier molecular flexibility index (Phi) is 3.06. The van der Waals surface area contributed by atoms with Gasteiger partial charge in [0.05, 0.1) is 9.80 Å². The second kappa shape index (κ2) is 4.76. The predicted molar refractivity (Wildman–Crippen MR) is 73.5 cm³/mol. The van der Waals surface area contributed by atoms with Gasteiger partial charge in [0, 0.05) is 0 Å². The van der Waals surface area contributed by atoms with Crippen LogP contribution in [0.5, 0.6) is 5.75 Å². The molecule has 1 aliphatic rings. The van der Waals surface area contributed by atoms with Crippen molar-refractivity contribution in [2.24, 2.45) is 0 Å². The topological polar surface area (TPSA) is 43.4 Å². The number of hydrogen-bond acceptors (Lipinski definition) is 3. The van der Waals surface area contributed by atoms with Crippen molar-refractivity contribution in [3.8, 4) is 5.75 Å². The summed E-state index contributed by atoms with van der Waals surface area (Å²) in [6, 6.07) is 12.3. The summed E-state index contributed by atoms with van der Waals surface area (Å²) >= 11 is 0. The molecule has 0 atom stereocenters. The fourth-order valence-corrected chi connectivity index (χ4v) is 3.51. The van der Waals surface area contributed by atoms with Gasteiger partial charge in [0.2, 0.25) is 9.84 Å². The molecule has 102 valence electrons. The summed E-state index contributed by atoms with van der Waals surface area (Å²) in [6.45, 7) is -0.0668. The van der Waals surface area contributed by atoms with Gasteiger partial charge in [-0.3, -0.25) is 0 Å². The van der Waals surface area contributed by atoms with Crippen LogP contribution in [-0.2, 0) is 9.84 Å². The van der Waals surface area contributed by atoms with Gasteiger partial charge in [0.15, 0.2) is 0 Å². The zero-order valence-electron chi connectivity index (χ0n) is 10.4. The summed E-state index contributed by atoms with van der Waals surface area (Å²) < 4.78 is 42.7. The van der Waals surface area contributed by atoms with Crippen LogP contribution in [0.15, 0.2) is 58.3 Å². The molecule has 0 N–H and O–H groups in total. The summed E-state index contributed by atoms with van der Waals surface area (Å²) in [5.74, 6) is 0.0657. The Bertz CT molecular complexity index is 777. The lowest BCUT2D eigenvalue weighted by Gasteiger charge is -2.07. The summed E-state index contributed by atoms with van der Waals surface area (Å²) in [5.41, 5.74) is 0.671. The Hall–Kier alpha value is -2.14. The van der Waals surface area contributed by atoms with Crippen molar-refractivity contribution >= 4 is 15.9 Å². The largest absolute Gasteiger partial charge is 0.488 e.